The molecule has 0 N–H and O–H groups in total. The minimum absolute atomic E-state index is 0.0502. The van der Waals surface area contributed by atoms with Crippen molar-refractivity contribution < 1.29 is 14.3 Å². The Labute approximate surface area is 117 Å². The third-order valence-corrected chi connectivity index (χ3v) is 2.98. The van der Waals surface area contributed by atoms with Gasteiger partial charge >= 0.3 is 5.97 Å². The molecule has 1 aromatic rings. The number of methoxy groups -OCH3 is 1. The standard InChI is InChI=1S/C15H14O3S/c1-12(16)19-11-14(15(17)18-2)10-6-9-13-7-4-3-5-8-13/h3-5,7-8,10H,11H2,1-2H3/b14-10+. The average Bonchev–Trinajstić information content (AvgIpc) is 2.42. The fourth-order valence-electron chi connectivity index (χ4n) is 1.20. The van der Waals surface area contributed by atoms with Gasteiger partial charge in [0.25, 0.3) is 0 Å². The first kappa shape index (κ1) is 15.1. The molecule has 0 saturated heterocycles. The van der Waals surface area contributed by atoms with Crippen molar-refractivity contribution >= 4 is 22.8 Å². The Morgan fingerprint density at radius 3 is 2.58 bits per heavy atom. The molecule has 1 aromatic carbocycles. The van der Waals surface area contributed by atoms with E-state index in [4.69, 9.17) is 0 Å². The summed E-state index contributed by atoms with van der Waals surface area (Å²) in [6, 6.07) is 9.44. The number of ether oxygens (including phenoxy) is 1. The molecule has 3 nitrogen and oxygen atoms in total. The molecule has 98 valence electrons. The molecule has 0 fully saturated rings. The predicted molar refractivity (Wildman–Crippen MR) is 76.6 cm³/mol. The topological polar surface area (TPSA) is 43.4 Å². The minimum atomic E-state index is -0.462. The van der Waals surface area contributed by atoms with E-state index in [2.05, 4.69) is 16.6 Å². The molecule has 0 heterocycles. The van der Waals surface area contributed by atoms with Crippen LogP contribution in [0.2, 0.25) is 0 Å². The van der Waals surface area contributed by atoms with Crippen molar-refractivity contribution in [3.63, 3.8) is 0 Å². The zero-order valence-corrected chi connectivity index (χ0v) is 11.6. The van der Waals surface area contributed by atoms with Gasteiger partial charge in [0.2, 0.25) is 0 Å². The summed E-state index contributed by atoms with van der Waals surface area (Å²) in [4.78, 5) is 22.4. The lowest BCUT2D eigenvalue weighted by molar-refractivity contribution is -0.135. The molecule has 0 unspecified atom stereocenters. The van der Waals surface area contributed by atoms with Gasteiger partial charge < -0.3 is 4.74 Å². The Morgan fingerprint density at radius 1 is 1.32 bits per heavy atom. The van der Waals surface area contributed by atoms with Crippen LogP contribution in [0, 0.1) is 11.8 Å². The second kappa shape index (κ2) is 8.17. The van der Waals surface area contributed by atoms with E-state index in [9.17, 15) is 9.59 Å². The molecule has 0 aromatic heterocycles. The normalized spacial score (nSPS) is 10.3. The van der Waals surface area contributed by atoms with Gasteiger partial charge in [0, 0.05) is 18.2 Å². The zero-order chi connectivity index (χ0) is 14.1. The van der Waals surface area contributed by atoms with Gasteiger partial charge in [-0.2, -0.15) is 0 Å². The number of benzene rings is 1. The highest BCUT2D eigenvalue weighted by Crippen LogP contribution is 2.10. The highest BCUT2D eigenvalue weighted by Gasteiger charge is 2.09. The van der Waals surface area contributed by atoms with Crippen molar-refractivity contribution in [2.75, 3.05) is 12.9 Å². The number of hydrogen-bond donors (Lipinski definition) is 0. The van der Waals surface area contributed by atoms with Gasteiger partial charge in [-0.1, -0.05) is 41.8 Å². The van der Waals surface area contributed by atoms with Crippen LogP contribution in [0.1, 0.15) is 12.5 Å². The number of carbonyl (C=O) groups excluding carboxylic acids is 2. The number of esters is 1. The molecule has 1 rings (SSSR count). The molecule has 0 radical (unpaired) electrons. The number of rotatable bonds is 3. The quantitative estimate of drug-likeness (QED) is 0.482. The van der Waals surface area contributed by atoms with E-state index >= 15 is 0 Å². The molecule has 0 saturated carbocycles. The third-order valence-electron chi connectivity index (χ3n) is 2.12. The summed E-state index contributed by atoms with van der Waals surface area (Å²) in [5.41, 5.74) is 1.24. The SMILES string of the molecule is COC(=O)/C(=C/C#Cc1ccccc1)CSC(C)=O. The van der Waals surface area contributed by atoms with Crippen LogP contribution in [-0.4, -0.2) is 23.9 Å². The number of thioether (sulfide) groups is 1. The molecular formula is C15H14O3S. The summed E-state index contributed by atoms with van der Waals surface area (Å²) in [6.07, 6.45) is 1.49. The second-order valence-corrected chi connectivity index (χ2v) is 4.73. The Kier molecular flexibility index (Phi) is 6.48. The molecule has 0 amide bonds. The largest absolute Gasteiger partial charge is 0.466 e. The Balaban J connectivity index is 2.80. The first-order valence-corrected chi connectivity index (χ1v) is 6.59. The fraction of sp³-hybridized carbons (Fsp3) is 0.200. The smallest absolute Gasteiger partial charge is 0.335 e. The molecule has 19 heavy (non-hydrogen) atoms. The van der Waals surface area contributed by atoms with Crippen LogP contribution < -0.4 is 0 Å². The van der Waals surface area contributed by atoms with Crippen LogP contribution in [-0.2, 0) is 14.3 Å². The molecule has 0 aliphatic rings. The van der Waals surface area contributed by atoms with Gasteiger partial charge in [-0.05, 0) is 18.2 Å². The van der Waals surface area contributed by atoms with Gasteiger partial charge in [0.05, 0.1) is 12.7 Å². The summed E-state index contributed by atoms with van der Waals surface area (Å²) < 4.78 is 4.65. The molecule has 0 atom stereocenters. The maximum absolute atomic E-state index is 11.5. The molecule has 0 spiro atoms. The van der Waals surface area contributed by atoms with Crippen molar-refractivity contribution in [1.29, 1.82) is 0 Å². The summed E-state index contributed by atoms with van der Waals surface area (Å²) >= 11 is 1.05. The van der Waals surface area contributed by atoms with Crippen molar-refractivity contribution in [2.24, 2.45) is 0 Å². The van der Waals surface area contributed by atoms with E-state index in [0.29, 0.717) is 5.57 Å². The summed E-state index contributed by atoms with van der Waals surface area (Å²) in [7, 11) is 1.30. The molecule has 0 bridgehead atoms. The monoisotopic (exact) mass is 274 g/mol. The van der Waals surface area contributed by atoms with Crippen LogP contribution >= 0.6 is 11.8 Å². The number of allylic oxidation sites excluding steroid dienone is 1. The predicted octanol–water partition coefficient (Wildman–Crippen LogP) is 2.42. The lowest BCUT2D eigenvalue weighted by Crippen LogP contribution is -2.07. The van der Waals surface area contributed by atoms with Gasteiger partial charge in [-0.3, -0.25) is 4.79 Å². The van der Waals surface area contributed by atoms with Crippen molar-refractivity contribution in [3.05, 3.63) is 47.5 Å². The van der Waals surface area contributed by atoms with Crippen LogP contribution in [0.4, 0.5) is 0 Å². The van der Waals surface area contributed by atoms with E-state index in [-0.39, 0.29) is 10.9 Å². The summed E-state index contributed by atoms with van der Waals surface area (Å²) in [5.74, 6) is 5.52. The first-order valence-electron chi connectivity index (χ1n) is 5.61. The van der Waals surface area contributed by atoms with Gasteiger partial charge in [-0.15, -0.1) is 0 Å². The Hall–Kier alpha value is -1.99. The van der Waals surface area contributed by atoms with Crippen LogP contribution in [0.25, 0.3) is 0 Å². The van der Waals surface area contributed by atoms with E-state index in [0.717, 1.165) is 17.3 Å². The van der Waals surface area contributed by atoms with Crippen molar-refractivity contribution in [2.45, 2.75) is 6.92 Å². The van der Waals surface area contributed by atoms with Gasteiger partial charge in [0.1, 0.15) is 0 Å². The Bertz CT molecular complexity index is 536. The molecule has 0 aliphatic heterocycles. The molecular weight excluding hydrogens is 260 g/mol. The third kappa shape index (κ3) is 5.94. The van der Waals surface area contributed by atoms with Gasteiger partial charge in [-0.25, -0.2) is 4.79 Å². The van der Waals surface area contributed by atoms with Gasteiger partial charge in [0.15, 0.2) is 5.12 Å². The van der Waals surface area contributed by atoms with Crippen molar-refractivity contribution in [3.8, 4) is 11.8 Å². The van der Waals surface area contributed by atoms with E-state index in [1.807, 2.05) is 30.3 Å². The number of hydrogen-bond acceptors (Lipinski definition) is 4. The van der Waals surface area contributed by atoms with E-state index in [1.54, 1.807) is 0 Å². The lowest BCUT2D eigenvalue weighted by atomic mass is 10.2. The van der Waals surface area contributed by atoms with E-state index in [1.165, 1.54) is 20.1 Å². The highest BCUT2D eigenvalue weighted by molar-refractivity contribution is 8.13. The van der Waals surface area contributed by atoms with Crippen LogP contribution in [0.3, 0.4) is 0 Å². The van der Waals surface area contributed by atoms with Crippen molar-refractivity contribution in [1.82, 2.24) is 0 Å². The second-order valence-electron chi connectivity index (χ2n) is 3.58. The van der Waals surface area contributed by atoms with E-state index < -0.39 is 5.97 Å². The highest BCUT2D eigenvalue weighted by atomic mass is 32.2. The molecule has 4 heteroatoms. The summed E-state index contributed by atoms with van der Waals surface area (Å²) in [5, 5.41) is -0.0502. The average molecular weight is 274 g/mol. The first-order chi connectivity index (χ1) is 9.13. The summed E-state index contributed by atoms with van der Waals surface area (Å²) in [6.45, 7) is 1.45. The lowest BCUT2D eigenvalue weighted by Gasteiger charge is -2.01. The molecule has 0 aliphatic carbocycles. The fourth-order valence-corrected chi connectivity index (χ4v) is 1.76. The van der Waals surface area contributed by atoms with Crippen LogP contribution in [0.15, 0.2) is 42.0 Å². The maximum atomic E-state index is 11.5. The van der Waals surface area contributed by atoms with Crippen LogP contribution in [0.5, 0.6) is 0 Å². The zero-order valence-electron chi connectivity index (χ0n) is 10.8. The maximum Gasteiger partial charge on any atom is 0.335 e. The number of carbonyl (C=O) groups is 2. The Morgan fingerprint density at radius 2 is 2.00 bits per heavy atom. The minimum Gasteiger partial charge on any atom is -0.466 e.